The predicted octanol–water partition coefficient (Wildman–Crippen LogP) is 4.54. The van der Waals surface area contributed by atoms with Gasteiger partial charge >= 0.3 is 0 Å². The van der Waals surface area contributed by atoms with Gasteiger partial charge in [-0.05, 0) is 74.9 Å². The maximum atomic E-state index is 9.96. The number of rotatable bonds is 12. The lowest BCUT2D eigenvalue weighted by molar-refractivity contribution is 0.0282. The molecular formula is C27H40O5. The van der Waals surface area contributed by atoms with Crippen molar-refractivity contribution < 1.29 is 24.8 Å². The van der Waals surface area contributed by atoms with Gasteiger partial charge in [0.1, 0.15) is 18.1 Å². The maximum Gasteiger partial charge on any atom is 0.122 e. The second kappa shape index (κ2) is 11.2. The minimum absolute atomic E-state index is 0.0999. The van der Waals surface area contributed by atoms with Crippen molar-refractivity contribution in [2.75, 3.05) is 26.4 Å². The van der Waals surface area contributed by atoms with E-state index in [1.165, 1.54) is 11.1 Å². The summed E-state index contributed by atoms with van der Waals surface area (Å²) in [5.41, 5.74) is 3.54. The van der Waals surface area contributed by atoms with Crippen LogP contribution >= 0.6 is 0 Å². The summed E-state index contributed by atoms with van der Waals surface area (Å²) >= 11 is 0. The standard InChI is InChI=1S/C27H40O5/c1-7-27(8-2,23-10-12-25(20(4)14-23)32-18-26(5,6)30)22-9-11-24(19(3)13-22)31-17-21(15-28)16-29/h9-14,21,28-30H,7-8,15-18H2,1-6H3. The largest absolute Gasteiger partial charge is 0.493 e. The van der Waals surface area contributed by atoms with Crippen molar-refractivity contribution in [3.63, 3.8) is 0 Å². The minimum atomic E-state index is -0.878. The lowest BCUT2D eigenvalue weighted by Gasteiger charge is -2.34. The first-order valence-electron chi connectivity index (χ1n) is 11.5. The van der Waals surface area contributed by atoms with Crippen LogP contribution in [-0.2, 0) is 5.41 Å². The molecule has 0 fully saturated rings. The summed E-state index contributed by atoms with van der Waals surface area (Å²) in [4.78, 5) is 0. The summed E-state index contributed by atoms with van der Waals surface area (Å²) in [6.07, 6.45) is 1.90. The average Bonchev–Trinajstić information content (AvgIpc) is 2.75. The van der Waals surface area contributed by atoms with Gasteiger partial charge < -0.3 is 24.8 Å². The zero-order valence-electron chi connectivity index (χ0n) is 20.4. The Bertz CT molecular complexity index is 861. The van der Waals surface area contributed by atoms with Crippen molar-refractivity contribution in [1.82, 2.24) is 0 Å². The summed E-state index contributed by atoms with van der Waals surface area (Å²) in [5, 5.41) is 28.5. The molecule has 5 nitrogen and oxygen atoms in total. The quantitative estimate of drug-likeness (QED) is 0.448. The molecule has 0 radical (unpaired) electrons. The highest BCUT2D eigenvalue weighted by molar-refractivity contribution is 5.48. The van der Waals surface area contributed by atoms with E-state index < -0.39 is 5.60 Å². The SMILES string of the molecule is CCC(CC)(c1ccc(OCC(CO)CO)c(C)c1)c1ccc(OCC(C)(C)O)c(C)c1. The minimum Gasteiger partial charge on any atom is -0.493 e. The Hall–Kier alpha value is -2.08. The first-order chi connectivity index (χ1) is 15.1. The Morgan fingerprint density at radius 1 is 0.812 bits per heavy atom. The third kappa shape index (κ3) is 6.25. The van der Waals surface area contributed by atoms with Crippen molar-refractivity contribution in [2.45, 2.75) is 65.4 Å². The van der Waals surface area contributed by atoms with Crippen molar-refractivity contribution in [3.05, 3.63) is 58.7 Å². The fourth-order valence-electron chi connectivity index (χ4n) is 4.08. The molecule has 0 aliphatic heterocycles. The second-order valence-corrected chi connectivity index (χ2v) is 9.39. The molecule has 2 aromatic carbocycles. The smallest absolute Gasteiger partial charge is 0.122 e. The van der Waals surface area contributed by atoms with Crippen LogP contribution in [0.3, 0.4) is 0 Å². The van der Waals surface area contributed by atoms with E-state index in [0.717, 1.165) is 35.5 Å². The van der Waals surface area contributed by atoms with Crippen LogP contribution < -0.4 is 9.47 Å². The van der Waals surface area contributed by atoms with Gasteiger partial charge in [0.2, 0.25) is 0 Å². The van der Waals surface area contributed by atoms with E-state index in [9.17, 15) is 15.3 Å². The van der Waals surface area contributed by atoms with Gasteiger partial charge in [0.05, 0.1) is 25.4 Å². The van der Waals surface area contributed by atoms with Gasteiger partial charge in [0, 0.05) is 11.3 Å². The number of hydrogen-bond acceptors (Lipinski definition) is 5. The van der Waals surface area contributed by atoms with Crippen molar-refractivity contribution in [3.8, 4) is 11.5 Å². The van der Waals surface area contributed by atoms with E-state index >= 15 is 0 Å². The monoisotopic (exact) mass is 444 g/mol. The van der Waals surface area contributed by atoms with Crippen molar-refractivity contribution in [1.29, 1.82) is 0 Å². The van der Waals surface area contributed by atoms with Gasteiger partial charge in [-0.1, -0.05) is 38.1 Å². The van der Waals surface area contributed by atoms with Crippen molar-refractivity contribution in [2.24, 2.45) is 5.92 Å². The van der Waals surface area contributed by atoms with Crippen LogP contribution in [0.4, 0.5) is 0 Å². The highest BCUT2D eigenvalue weighted by Gasteiger charge is 2.31. The van der Waals surface area contributed by atoms with E-state index in [1.54, 1.807) is 13.8 Å². The van der Waals surface area contributed by atoms with E-state index in [-0.39, 0.29) is 37.8 Å². The van der Waals surface area contributed by atoms with Crippen LogP contribution in [0.5, 0.6) is 11.5 Å². The molecule has 0 aromatic heterocycles. The van der Waals surface area contributed by atoms with Crippen LogP contribution in [0.25, 0.3) is 0 Å². The lowest BCUT2D eigenvalue weighted by Crippen LogP contribution is -2.28. The Labute approximate surface area is 193 Å². The average molecular weight is 445 g/mol. The molecule has 0 aliphatic rings. The Balaban J connectivity index is 2.33. The van der Waals surface area contributed by atoms with Gasteiger partial charge in [-0.2, -0.15) is 0 Å². The molecule has 3 N–H and O–H groups in total. The molecule has 0 saturated carbocycles. The maximum absolute atomic E-state index is 9.96. The van der Waals surface area contributed by atoms with Crippen LogP contribution in [0.1, 0.15) is 62.8 Å². The van der Waals surface area contributed by atoms with Gasteiger partial charge in [0.15, 0.2) is 0 Å². The first kappa shape index (κ1) is 26.2. The summed E-state index contributed by atoms with van der Waals surface area (Å²) < 4.78 is 11.7. The number of aryl methyl sites for hydroxylation is 2. The molecule has 0 heterocycles. The zero-order valence-corrected chi connectivity index (χ0v) is 20.4. The van der Waals surface area contributed by atoms with E-state index in [2.05, 4.69) is 38.1 Å². The number of benzene rings is 2. The number of aliphatic hydroxyl groups excluding tert-OH is 2. The van der Waals surface area contributed by atoms with Crippen LogP contribution in [0, 0.1) is 19.8 Å². The molecule has 0 spiro atoms. The summed E-state index contributed by atoms with van der Waals surface area (Å²) in [7, 11) is 0. The molecule has 2 rings (SSSR count). The van der Waals surface area contributed by atoms with Gasteiger partial charge in [-0.15, -0.1) is 0 Å². The Morgan fingerprint density at radius 3 is 1.66 bits per heavy atom. The molecule has 5 heteroatoms. The lowest BCUT2D eigenvalue weighted by atomic mass is 9.70. The molecule has 0 unspecified atom stereocenters. The number of hydrogen-bond donors (Lipinski definition) is 3. The first-order valence-corrected chi connectivity index (χ1v) is 11.5. The molecule has 2 aromatic rings. The second-order valence-electron chi connectivity index (χ2n) is 9.39. The van der Waals surface area contributed by atoms with E-state index in [4.69, 9.17) is 9.47 Å². The molecule has 0 aliphatic carbocycles. The van der Waals surface area contributed by atoms with Gasteiger partial charge in [-0.3, -0.25) is 0 Å². The molecule has 178 valence electrons. The summed E-state index contributed by atoms with van der Waals surface area (Å²) in [6, 6.07) is 12.6. The van der Waals surface area contributed by atoms with Crippen LogP contribution in [-0.4, -0.2) is 47.3 Å². The third-order valence-electron chi connectivity index (χ3n) is 6.23. The van der Waals surface area contributed by atoms with Crippen LogP contribution in [0.15, 0.2) is 36.4 Å². The molecular weight excluding hydrogens is 404 g/mol. The Morgan fingerprint density at radius 2 is 1.28 bits per heavy atom. The number of aliphatic hydroxyl groups is 3. The zero-order chi connectivity index (χ0) is 23.9. The normalized spacial score (nSPS) is 12.3. The molecule has 0 bridgehead atoms. The number of ether oxygens (including phenoxy) is 2. The predicted molar refractivity (Wildman–Crippen MR) is 129 cm³/mol. The molecule has 0 atom stereocenters. The fourth-order valence-corrected chi connectivity index (χ4v) is 4.08. The third-order valence-corrected chi connectivity index (χ3v) is 6.23. The molecule has 0 amide bonds. The van der Waals surface area contributed by atoms with E-state index in [1.807, 2.05) is 26.0 Å². The highest BCUT2D eigenvalue weighted by atomic mass is 16.5. The van der Waals surface area contributed by atoms with Crippen LogP contribution in [0.2, 0.25) is 0 Å². The van der Waals surface area contributed by atoms with Crippen molar-refractivity contribution >= 4 is 0 Å². The molecule has 0 saturated heterocycles. The fraction of sp³-hybridized carbons (Fsp3) is 0.556. The highest BCUT2D eigenvalue weighted by Crippen LogP contribution is 2.41. The van der Waals surface area contributed by atoms with Gasteiger partial charge in [-0.25, -0.2) is 0 Å². The topological polar surface area (TPSA) is 79.2 Å². The van der Waals surface area contributed by atoms with Gasteiger partial charge in [0.25, 0.3) is 0 Å². The van der Waals surface area contributed by atoms with E-state index in [0.29, 0.717) is 0 Å². The Kier molecular flexibility index (Phi) is 9.14. The summed E-state index contributed by atoms with van der Waals surface area (Å²) in [5.74, 6) is 1.28. The summed E-state index contributed by atoms with van der Waals surface area (Å²) in [6.45, 7) is 12.3. The molecule has 32 heavy (non-hydrogen) atoms.